The Bertz CT molecular complexity index is 1720. The molecule has 0 spiro atoms. The molecule has 0 saturated heterocycles. The van der Waals surface area contributed by atoms with Gasteiger partial charge in [0, 0.05) is 34.6 Å². The van der Waals surface area contributed by atoms with Crippen LogP contribution in [0, 0.1) is 0 Å². The number of carbonyl (C=O) groups is 2. The molecule has 4 aromatic carbocycles. The van der Waals surface area contributed by atoms with E-state index in [1.807, 2.05) is 111 Å². The van der Waals surface area contributed by atoms with Gasteiger partial charge in [-0.05, 0) is 51.0 Å². The zero-order chi connectivity index (χ0) is 30.5. The van der Waals surface area contributed by atoms with E-state index in [4.69, 9.17) is 9.97 Å². The number of benzene rings is 4. The van der Waals surface area contributed by atoms with E-state index < -0.39 is 12.1 Å². The van der Waals surface area contributed by atoms with Crippen LogP contribution in [0.4, 0.5) is 11.4 Å². The molecule has 8 nitrogen and oxygen atoms in total. The zero-order valence-corrected chi connectivity index (χ0v) is 24.9. The van der Waals surface area contributed by atoms with Crippen molar-refractivity contribution in [2.45, 2.75) is 38.8 Å². The van der Waals surface area contributed by atoms with Gasteiger partial charge in [0.15, 0.2) is 0 Å². The molecule has 4 N–H and O–H groups in total. The number of unbranched alkanes of at least 4 members (excludes halogenated alkanes) is 1. The Morgan fingerprint density at radius 3 is 1.14 bits per heavy atom. The standard InChI is InChI=1S/C36H36N6O2/c1-23(39-33-25-13-3-7-17-29(25)41-30-18-8-4-14-26(30)33)35(43)37-21-11-12-22-38-36(44)24(2)40-34-27-15-5-9-19-31(27)42-32-20-10-6-16-28(32)34/h3-10,13-20,23-24H,11-12,21-22H2,1-2H3,(H,37,43)(H,38,44)(H,39,41)(H,40,42)/t23-,24-/m0/s1. The van der Waals surface area contributed by atoms with Crippen molar-refractivity contribution in [3.05, 3.63) is 97.1 Å². The largest absolute Gasteiger partial charge is 0.373 e. The topological polar surface area (TPSA) is 108 Å². The Labute approximate surface area is 256 Å². The minimum absolute atomic E-state index is 0.0753. The lowest BCUT2D eigenvalue weighted by Crippen LogP contribution is -2.39. The van der Waals surface area contributed by atoms with E-state index in [-0.39, 0.29) is 11.8 Å². The van der Waals surface area contributed by atoms with E-state index in [1.165, 1.54) is 0 Å². The van der Waals surface area contributed by atoms with Crippen LogP contribution in [0.5, 0.6) is 0 Å². The third kappa shape index (κ3) is 6.10. The molecule has 2 heterocycles. The number of fused-ring (bicyclic) bond motifs is 4. The second-order valence-electron chi connectivity index (χ2n) is 11.1. The van der Waals surface area contributed by atoms with Gasteiger partial charge in [-0.15, -0.1) is 0 Å². The zero-order valence-electron chi connectivity index (χ0n) is 24.9. The third-order valence-electron chi connectivity index (χ3n) is 7.89. The molecule has 0 saturated carbocycles. The summed E-state index contributed by atoms with van der Waals surface area (Å²) >= 11 is 0. The molecule has 2 amide bonds. The highest BCUT2D eigenvalue weighted by molar-refractivity contribution is 6.09. The fourth-order valence-electron chi connectivity index (χ4n) is 5.53. The maximum atomic E-state index is 12.9. The number of carbonyl (C=O) groups excluding carboxylic acids is 2. The van der Waals surface area contributed by atoms with E-state index in [2.05, 4.69) is 21.3 Å². The van der Waals surface area contributed by atoms with Crippen LogP contribution < -0.4 is 21.3 Å². The number of anilines is 2. The number of hydrogen-bond donors (Lipinski definition) is 4. The average molecular weight is 585 g/mol. The molecule has 44 heavy (non-hydrogen) atoms. The Morgan fingerprint density at radius 2 is 0.818 bits per heavy atom. The summed E-state index contributed by atoms with van der Waals surface area (Å²) in [6, 6.07) is 30.9. The number of pyridine rings is 2. The van der Waals surface area contributed by atoms with Crippen molar-refractivity contribution < 1.29 is 9.59 Å². The second-order valence-corrected chi connectivity index (χ2v) is 11.1. The van der Waals surface area contributed by atoms with Crippen LogP contribution in [-0.2, 0) is 9.59 Å². The van der Waals surface area contributed by atoms with Crippen LogP contribution in [0.3, 0.4) is 0 Å². The van der Waals surface area contributed by atoms with Crippen LogP contribution in [0.1, 0.15) is 26.7 Å². The molecule has 8 heteroatoms. The summed E-state index contributed by atoms with van der Waals surface area (Å²) < 4.78 is 0. The van der Waals surface area contributed by atoms with E-state index in [9.17, 15) is 9.59 Å². The molecule has 0 fully saturated rings. The van der Waals surface area contributed by atoms with E-state index in [1.54, 1.807) is 0 Å². The first-order chi connectivity index (χ1) is 21.5. The summed E-state index contributed by atoms with van der Waals surface area (Å²) in [7, 11) is 0. The number of nitrogens with zero attached hydrogens (tertiary/aromatic N) is 2. The molecular formula is C36H36N6O2. The Hall–Kier alpha value is -5.24. The normalized spacial score (nSPS) is 12.7. The number of amides is 2. The monoisotopic (exact) mass is 584 g/mol. The highest BCUT2D eigenvalue weighted by atomic mass is 16.2. The van der Waals surface area contributed by atoms with Crippen molar-refractivity contribution >= 4 is 66.8 Å². The van der Waals surface area contributed by atoms with Crippen LogP contribution in [-0.4, -0.2) is 47.0 Å². The molecule has 0 bridgehead atoms. The minimum Gasteiger partial charge on any atom is -0.373 e. The summed E-state index contributed by atoms with van der Waals surface area (Å²) in [6.07, 6.45) is 1.50. The lowest BCUT2D eigenvalue weighted by Gasteiger charge is -2.19. The van der Waals surface area contributed by atoms with Gasteiger partial charge in [-0.2, -0.15) is 0 Å². The molecule has 0 aliphatic carbocycles. The van der Waals surface area contributed by atoms with E-state index in [0.29, 0.717) is 13.1 Å². The average Bonchev–Trinajstić information content (AvgIpc) is 3.05. The number of para-hydroxylation sites is 4. The van der Waals surface area contributed by atoms with Gasteiger partial charge < -0.3 is 21.3 Å². The molecule has 2 atom stereocenters. The van der Waals surface area contributed by atoms with Gasteiger partial charge in [0.25, 0.3) is 0 Å². The third-order valence-corrected chi connectivity index (χ3v) is 7.89. The van der Waals surface area contributed by atoms with Gasteiger partial charge in [0.2, 0.25) is 11.8 Å². The highest BCUT2D eigenvalue weighted by Crippen LogP contribution is 2.32. The number of rotatable bonds is 11. The molecular weight excluding hydrogens is 548 g/mol. The molecule has 0 unspecified atom stereocenters. The Morgan fingerprint density at radius 1 is 0.523 bits per heavy atom. The molecule has 6 aromatic rings. The van der Waals surface area contributed by atoms with Gasteiger partial charge in [-0.25, -0.2) is 9.97 Å². The fourth-order valence-corrected chi connectivity index (χ4v) is 5.53. The van der Waals surface area contributed by atoms with Gasteiger partial charge in [0.1, 0.15) is 12.1 Å². The summed E-state index contributed by atoms with van der Waals surface area (Å²) in [5.74, 6) is -0.151. The first-order valence-electron chi connectivity index (χ1n) is 15.1. The maximum absolute atomic E-state index is 12.9. The number of nitrogens with one attached hydrogen (secondary N) is 4. The van der Waals surface area contributed by atoms with Gasteiger partial charge in [0.05, 0.1) is 33.4 Å². The SMILES string of the molecule is C[C@H](Nc1c2ccccc2nc2ccccc12)C(=O)NCCCCNC(=O)[C@H](C)Nc1c2ccccc2nc2ccccc12. The molecule has 2 aromatic heterocycles. The van der Waals surface area contributed by atoms with Crippen molar-refractivity contribution in [2.75, 3.05) is 23.7 Å². The molecule has 0 aliphatic heterocycles. The van der Waals surface area contributed by atoms with Crippen molar-refractivity contribution in [1.82, 2.24) is 20.6 Å². The minimum atomic E-state index is -0.434. The predicted molar refractivity (Wildman–Crippen MR) is 180 cm³/mol. The van der Waals surface area contributed by atoms with Gasteiger partial charge >= 0.3 is 0 Å². The smallest absolute Gasteiger partial charge is 0.242 e. The lowest BCUT2D eigenvalue weighted by molar-refractivity contribution is -0.122. The van der Waals surface area contributed by atoms with Crippen LogP contribution >= 0.6 is 0 Å². The quantitative estimate of drug-likeness (QED) is 0.104. The summed E-state index contributed by atoms with van der Waals surface area (Å²) in [5.41, 5.74) is 5.36. The number of hydrogen-bond acceptors (Lipinski definition) is 6. The van der Waals surface area contributed by atoms with Crippen LogP contribution in [0.25, 0.3) is 43.6 Å². The first-order valence-corrected chi connectivity index (χ1v) is 15.1. The molecule has 6 rings (SSSR count). The second kappa shape index (κ2) is 13.0. The van der Waals surface area contributed by atoms with E-state index in [0.717, 1.165) is 67.8 Å². The summed E-state index contributed by atoms with van der Waals surface area (Å²) in [5, 5.41) is 16.8. The Balaban J connectivity index is 0.985. The highest BCUT2D eigenvalue weighted by Gasteiger charge is 2.18. The fraction of sp³-hybridized carbons (Fsp3) is 0.222. The van der Waals surface area contributed by atoms with Crippen molar-refractivity contribution in [2.24, 2.45) is 0 Å². The first kappa shape index (κ1) is 28.9. The lowest BCUT2D eigenvalue weighted by atomic mass is 10.1. The molecule has 222 valence electrons. The molecule has 0 radical (unpaired) electrons. The summed E-state index contributed by atoms with van der Waals surface area (Å²) in [4.78, 5) is 35.4. The van der Waals surface area contributed by atoms with Crippen LogP contribution in [0.15, 0.2) is 97.1 Å². The van der Waals surface area contributed by atoms with Crippen molar-refractivity contribution in [3.63, 3.8) is 0 Å². The van der Waals surface area contributed by atoms with E-state index >= 15 is 0 Å². The van der Waals surface area contributed by atoms with Crippen LogP contribution in [0.2, 0.25) is 0 Å². The van der Waals surface area contributed by atoms with Gasteiger partial charge in [-0.1, -0.05) is 72.8 Å². The van der Waals surface area contributed by atoms with Crippen molar-refractivity contribution in [1.29, 1.82) is 0 Å². The summed E-state index contributed by atoms with van der Waals surface area (Å²) in [6.45, 7) is 4.79. The van der Waals surface area contributed by atoms with Crippen molar-refractivity contribution in [3.8, 4) is 0 Å². The predicted octanol–water partition coefficient (Wildman–Crippen LogP) is 6.40. The Kier molecular flexibility index (Phi) is 8.50. The maximum Gasteiger partial charge on any atom is 0.242 e. The number of aromatic nitrogens is 2. The van der Waals surface area contributed by atoms with Gasteiger partial charge in [-0.3, -0.25) is 9.59 Å². The molecule has 0 aliphatic rings.